The molecular formula is C55H38N2. The van der Waals surface area contributed by atoms with E-state index in [9.17, 15) is 0 Å². The molecule has 0 N–H and O–H groups in total. The number of para-hydroxylation sites is 3. The van der Waals surface area contributed by atoms with Crippen LogP contribution in [0.25, 0.3) is 60.5 Å². The van der Waals surface area contributed by atoms with Crippen molar-refractivity contribution in [3.63, 3.8) is 0 Å². The fraction of sp³-hybridized carbons (Fsp3) is 0.0545. The third-order valence-electron chi connectivity index (χ3n) is 12.7. The van der Waals surface area contributed by atoms with Gasteiger partial charge >= 0.3 is 0 Å². The molecule has 1 aromatic heterocycles. The average molecular weight is 727 g/mol. The summed E-state index contributed by atoms with van der Waals surface area (Å²) in [4.78, 5) is 2.51. The average Bonchev–Trinajstić information content (AvgIpc) is 3.92. The Hall–Kier alpha value is -7.16. The number of aromatic nitrogens is 1. The Labute approximate surface area is 332 Å². The van der Waals surface area contributed by atoms with Crippen LogP contribution in [-0.2, 0) is 18.3 Å². The van der Waals surface area contributed by atoms with E-state index in [0.29, 0.717) is 0 Å². The molecule has 0 aliphatic heterocycles. The summed E-state index contributed by atoms with van der Waals surface area (Å²) in [5.41, 5.74) is 17.8. The lowest BCUT2D eigenvalue weighted by atomic mass is 9.75. The van der Waals surface area contributed by atoms with Crippen LogP contribution < -0.4 is 4.90 Å². The molecule has 0 saturated carbocycles. The second-order valence-corrected chi connectivity index (χ2v) is 15.8. The van der Waals surface area contributed by atoms with Gasteiger partial charge in [-0.15, -0.1) is 0 Å². The van der Waals surface area contributed by atoms with E-state index in [0.717, 1.165) is 35.6 Å². The topological polar surface area (TPSA) is 8.17 Å². The van der Waals surface area contributed by atoms with Crippen molar-refractivity contribution < 1.29 is 0 Å². The van der Waals surface area contributed by atoms with Gasteiger partial charge in [0.25, 0.3) is 0 Å². The van der Waals surface area contributed by atoms with Crippen LogP contribution in [0.4, 0.5) is 17.1 Å². The molecule has 57 heavy (non-hydrogen) atoms. The van der Waals surface area contributed by atoms with E-state index in [2.05, 4.69) is 216 Å². The SMILES string of the molecule is c1ccc(-n2c3ccccc3c3cc(N(c4ccc5c(c4)C4(Cc6ccccc6C4)c4ccccc4-5)c4ccccc4-c4ccc5ccccc5c4)ccc32)cc1. The van der Waals surface area contributed by atoms with Crippen LogP contribution in [-0.4, -0.2) is 4.57 Å². The highest BCUT2D eigenvalue weighted by molar-refractivity contribution is 6.11. The molecule has 0 amide bonds. The first-order valence-electron chi connectivity index (χ1n) is 20.0. The van der Waals surface area contributed by atoms with Gasteiger partial charge in [-0.3, -0.25) is 0 Å². The Morgan fingerprint density at radius 1 is 0.404 bits per heavy atom. The van der Waals surface area contributed by atoms with Gasteiger partial charge in [0.2, 0.25) is 0 Å². The summed E-state index contributed by atoms with van der Waals surface area (Å²) in [6.45, 7) is 0. The standard InChI is InChI=1S/C55H38N2/c1-2-18-42(19-3-1)57-53-25-13-10-22-48(53)49-33-43(29-31-54(49)57)56(52-24-12-9-20-45(52)39-27-26-37-14-4-5-15-38(37)32-39)44-28-30-47-46-21-8-11-23-50(46)55(51(47)34-44)35-40-16-6-7-17-41(40)36-55/h1-34H,35-36H2. The fourth-order valence-corrected chi connectivity index (χ4v) is 10.2. The van der Waals surface area contributed by atoms with Crippen LogP contribution in [0.15, 0.2) is 206 Å². The fourth-order valence-electron chi connectivity index (χ4n) is 10.2. The zero-order chi connectivity index (χ0) is 37.5. The van der Waals surface area contributed by atoms with E-state index >= 15 is 0 Å². The number of hydrogen-bond donors (Lipinski definition) is 0. The molecule has 0 unspecified atom stereocenters. The molecule has 12 rings (SSSR count). The molecule has 1 heterocycles. The van der Waals surface area contributed by atoms with Crippen LogP contribution in [0.3, 0.4) is 0 Å². The monoisotopic (exact) mass is 726 g/mol. The Kier molecular flexibility index (Phi) is 7.00. The lowest BCUT2D eigenvalue weighted by Crippen LogP contribution is -2.26. The minimum atomic E-state index is -0.109. The van der Waals surface area contributed by atoms with E-state index in [4.69, 9.17) is 0 Å². The van der Waals surface area contributed by atoms with Crippen LogP contribution >= 0.6 is 0 Å². The summed E-state index contributed by atoms with van der Waals surface area (Å²) < 4.78 is 2.40. The second kappa shape index (κ2) is 12.4. The van der Waals surface area contributed by atoms with Crippen molar-refractivity contribution in [3.8, 4) is 27.9 Å². The summed E-state index contributed by atoms with van der Waals surface area (Å²) in [5.74, 6) is 0. The molecule has 0 atom stereocenters. The first kappa shape index (κ1) is 32.1. The van der Waals surface area contributed by atoms with Crippen LogP contribution in [0.5, 0.6) is 0 Å². The predicted molar refractivity (Wildman–Crippen MR) is 238 cm³/mol. The molecule has 2 heteroatoms. The maximum Gasteiger partial charge on any atom is 0.0542 e. The number of fused-ring (bicyclic) bond motifs is 10. The molecule has 268 valence electrons. The van der Waals surface area contributed by atoms with Crippen molar-refractivity contribution in [1.29, 1.82) is 0 Å². The van der Waals surface area contributed by atoms with Crippen molar-refractivity contribution in [1.82, 2.24) is 4.57 Å². The molecule has 2 aliphatic carbocycles. The highest BCUT2D eigenvalue weighted by atomic mass is 15.1. The first-order valence-corrected chi connectivity index (χ1v) is 20.0. The van der Waals surface area contributed by atoms with Crippen molar-refractivity contribution in [3.05, 3.63) is 229 Å². The largest absolute Gasteiger partial charge is 0.310 e. The molecule has 0 saturated heterocycles. The van der Waals surface area contributed by atoms with Gasteiger partial charge in [0.05, 0.1) is 16.7 Å². The molecule has 0 fully saturated rings. The molecule has 2 nitrogen and oxygen atoms in total. The van der Waals surface area contributed by atoms with Crippen molar-refractivity contribution in [2.45, 2.75) is 18.3 Å². The number of anilines is 3. The Morgan fingerprint density at radius 3 is 1.89 bits per heavy atom. The van der Waals surface area contributed by atoms with Gasteiger partial charge in [0.1, 0.15) is 0 Å². The highest BCUT2D eigenvalue weighted by Gasteiger charge is 2.47. The molecule has 1 spiro atoms. The smallest absolute Gasteiger partial charge is 0.0542 e. The van der Waals surface area contributed by atoms with Crippen LogP contribution in [0.2, 0.25) is 0 Å². The van der Waals surface area contributed by atoms with Gasteiger partial charge in [-0.1, -0.05) is 146 Å². The Balaban J connectivity index is 1.11. The quantitative estimate of drug-likeness (QED) is 0.171. The van der Waals surface area contributed by atoms with E-state index in [1.807, 2.05) is 0 Å². The summed E-state index contributed by atoms with van der Waals surface area (Å²) in [7, 11) is 0. The van der Waals surface area contributed by atoms with E-state index in [1.54, 1.807) is 0 Å². The van der Waals surface area contributed by atoms with E-state index in [1.165, 1.54) is 77.1 Å². The minimum Gasteiger partial charge on any atom is -0.310 e. The van der Waals surface area contributed by atoms with E-state index < -0.39 is 0 Å². The zero-order valence-corrected chi connectivity index (χ0v) is 31.4. The van der Waals surface area contributed by atoms with Crippen LogP contribution in [0, 0.1) is 0 Å². The molecular weight excluding hydrogens is 689 g/mol. The number of benzene rings is 9. The van der Waals surface area contributed by atoms with Gasteiger partial charge in [0, 0.05) is 38.8 Å². The summed E-state index contributed by atoms with van der Waals surface area (Å²) in [6.07, 6.45) is 2.02. The third kappa shape index (κ3) is 4.84. The third-order valence-corrected chi connectivity index (χ3v) is 12.7. The second-order valence-electron chi connectivity index (χ2n) is 15.8. The van der Waals surface area contributed by atoms with Crippen molar-refractivity contribution >= 4 is 49.6 Å². The summed E-state index contributed by atoms with van der Waals surface area (Å²) >= 11 is 0. The van der Waals surface area contributed by atoms with E-state index in [-0.39, 0.29) is 5.41 Å². The molecule has 10 aromatic rings. The van der Waals surface area contributed by atoms with Crippen molar-refractivity contribution in [2.24, 2.45) is 0 Å². The summed E-state index contributed by atoms with van der Waals surface area (Å²) in [6, 6.07) is 76.5. The van der Waals surface area contributed by atoms with Gasteiger partial charge in [0.15, 0.2) is 0 Å². The molecule has 0 radical (unpaired) electrons. The molecule has 2 aliphatic rings. The maximum atomic E-state index is 2.52. The Bertz CT molecular complexity index is 3180. The van der Waals surface area contributed by atoms with Gasteiger partial charge in [-0.25, -0.2) is 0 Å². The summed E-state index contributed by atoms with van der Waals surface area (Å²) in [5, 5.41) is 4.96. The first-order chi connectivity index (χ1) is 28.2. The number of nitrogens with zero attached hydrogens (tertiary/aromatic N) is 2. The zero-order valence-electron chi connectivity index (χ0n) is 31.4. The van der Waals surface area contributed by atoms with Crippen molar-refractivity contribution in [2.75, 3.05) is 4.90 Å². The molecule has 9 aromatic carbocycles. The normalized spacial score (nSPS) is 13.6. The number of rotatable bonds is 5. The predicted octanol–water partition coefficient (Wildman–Crippen LogP) is 14.1. The van der Waals surface area contributed by atoms with Crippen LogP contribution in [0.1, 0.15) is 22.3 Å². The van der Waals surface area contributed by atoms with Gasteiger partial charge in [-0.05, 0) is 123 Å². The lowest BCUT2D eigenvalue weighted by molar-refractivity contribution is 0.563. The molecule has 0 bridgehead atoms. The van der Waals surface area contributed by atoms with Gasteiger partial charge in [-0.2, -0.15) is 0 Å². The lowest BCUT2D eigenvalue weighted by Gasteiger charge is -2.31. The number of hydrogen-bond acceptors (Lipinski definition) is 1. The highest BCUT2D eigenvalue weighted by Crippen LogP contribution is 2.57. The van der Waals surface area contributed by atoms with Gasteiger partial charge < -0.3 is 9.47 Å². The maximum absolute atomic E-state index is 2.52. The minimum absolute atomic E-state index is 0.109. The Morgan fingerprint density at radius 2 is 1.04 bits per heavy atom.